The van der Waals surface area contributed by atoms with Gasteiger partial charge in [-0.3, -0.25) is 4.79 Å². The van der Waals surface area contributed by atoms with Crippen molar-refractivity contribution in [2.45, 2.75) is 26.8 Å². The fourth-order valence-corrected chi connectivity index (χ4v) is 3.90. The lowest BCUT2D eigenvalue weighted by Crippen LogP contribution is -2.37. The number of amides is 1. The molecule has 1 fully saturated rings. The lowest BCUT2D eigenvalue weighted by atomic mass is 10.2. The van der Waals surface area contributed by atoms with E-state index in [-0.39, 0.29) is 5.91 Å². The number of carbonyl (C=O) groups excluding carboxylic acids is 1. The first kappa shape index (κ1) is 16.9. The number of carbonyl (C=O) groups is 1. The van der Waals surface area contributed by atoms with Crippen molar-refractivity contribution in [3.63, 3.8) is 0 Å². The number of morpholine rings is 1. The molecule has 0 unspecified atom stereocenters. The maximum absolute atomic E-state index is 12.4. The van der Waals surface area contributed by atoms with Crippen LogP contribution in [0.5, 0.6) is 0 Å². The second-order valence-corrected chi connectivity index (χ2v) is 7.07. The molecule has 1 aliphatic heterocycles. The highest BCUT2D eigenvalue weighted by atomic mass is 32.1. The summed E-state index contributed by atoms with van der Waals surface area (Å²) < 4.78 is 5.40. The fourth-order valence-electron chi connectivity index (χ4n) is 2.87. The first-order valence-electron chi connectivity index (χ1n) is 8.33. The lowest BCUT2D eigenvalue weighted by molar-refractivity contribution is 0.0954. The van der Waals surface area contributed by atoms with Gasteiger partial charge < -0.3 is 15.0 Å². The van der Waals surface area contributed by atoms with Crippen molar-refractivity contribution < 1.29 is 9.53 Å². The Labute approximate surface area is 146 Å². The van der Waals surface area contributed by atoms with Gasteiger partial charge in [-0.05, 0) is 31.0 Å². The molecular weight excluding hydrogens is 322 g/mol. The Morgan fingerprint density at radius 2 is 2.17 bits per heavy atom. The minimum atomic E-state index is -0.0143. The van der Waals surface area contributed by atoms with Gasteiger partial charge in [0.25, 0.3) is 5.91 Å². The van der Waals surface area contributed by atoms with Gasteiger partial charge in [0.15, 0.2) is 0 Å². The van der Waals surface area contributed by atoms with Crippen LogP contribution in [0.2, 0.25) is 0 Å². The highest BCUT2D eigenvalue weighted by Crippen LogP contribution is 2.23. The molecule has 3 heterocycles. The zero-order valence-electron chi connectivity index (χ0n) is 14.2. The number of rotatable bonds is 5. The number of nitrogens with zero attached hydrogens (tertiary/aromatic N) is 2. The van der Waals surface area contributed by atoms with Crippen LogP contribution in [0, 0.1) is 6.92 Å². The quantitative estimate of drug-likeness (QED) is 0.905. The van der Waals surface area contributed by atoms with Crippen LogP contribution in [0.1, 0.15) is 32.6 Å². The van der Waals surface area contributed by atoms with Crippen LogP contribution in [-0.4, -0.2) is 37.2 Å². The van der Waals surface area contributed by atoms with Gasteiger partial charge >= 0.3 is 0 Å². The molecule has 1 saturated heterocycles. The van der Waals surface area contributed by atoms with Crippen LogP contribution in [0.3, 0.4) is 0 Å². The number of hydrogen-bond acceptors (Lipinski definition) is 5. The van der Waals surface area contributed by atoms with E-state index in [9.17, 15) is 4.79 Å². The summed E-state index contributed by atoms with van der Waals surface area (Å²) in [5.41, 5.74) is 2.29. The highest BCUT2D eigenvalue weighted by Gasteiger charge is 2.17. The Balaban J connectivity index is 1.68. The summed E-state index contributed by atoms with van der Waals surface area (Å²) in [4.78, 5) is 21.2. The maximum Gasteiger partial charge on any atom is 0.261 e. The average Bonchev–Trinajstić information content (AvgIpc) is 3.01. The van der Waals surface area contributed by atoms with Gasteiger partial charge in [-0.25, -0.2) is 4.98 Å². The normalized spacial score (nSPS) is 14.7. The van der Waals surface area contributed by atoms with Crippen LogP contribution < -0.4 is 10.2 Å². The standard InChI is InChI=1S/C18H23N3O2S/c1-3-14-11-16(24-13(14)2)18(22)20-12-15-5-4-6-19-17(15)21-7-9-23-10-8-21/h4-6,11H,3,7-10,12H2,1-2H3,(H,20,22). The predicted octanol–water partition coefficient (Wildman–Crippen LogP) is 2.78. The van der Waals surface area contributed by atoms with Gasteiger partial charge in [0.1, 0.15) is 5.82 Å². The average molecular weight is 345 g/mol. The van der Waals surface area contributed by atoms with Crippen molar-refractivity contribution in [1.82, 2.24) is 10.3 Å². The molecule has 0 atom stereocenters. The third-order valence-corrected chi connectivity index (χ3v) is 5.33. The molecule has 2 aromatic heterocycles. The topological polar surface area (TPSA) is 54.5 Å². The van der Waals surface area contributed by atoms with Gasteiger partial charge in [0.2, 0.25) is 0 Å². The van der Waals surface area contributed by atoms with Crippen molar-refractivity contribution >= 4 is 23.1 Å². The minimum absolute atomic E-state index is 0.0143. The summed E-state index contributed by atoms with van der Waals surface area (Å²) in [5.74, 6) is 0.928. The number of nitrogens with one attached hydrogen (secondary N) is 1. The summed E-state index contributed by atoms with van der Waals surface area (Å²) in [6, 6.07) is 5.94. The van der Waals surface area contributed by atoms with E-state index in [0.29, 0.717) is 6.54 Å². The third kappa shape index (κ3) is 3.76. The van der Waals surface area contributed by atoms with Crippen LogP contribution >= 0.6 is 11.3 Å². The molecular formula is C18H23N3O2S. The lowest BCUT2D eigenvalue weighted by Gasteiger charge is -2.29. The first-order valence-corrected chi connectivity index (χ1v) is 9.14. The molecule has 5 nitrogen and oxygen atoms in total. The Bertz CT molecular complexity index is 708. The Hall–Kier alpha value is -1.92. The second kappa shape index (κ2) is 7.77. The molecule has 0 bridgehead atoms. The predicted molar refractivity (Wildman–Crippen MR) is 96.9 cm³/mol. The minimum Gasteiger partial charge on any atom is -0.378 e. The van der Waals surface area contributed by atoms with Crippen molar-refractivity contribution in [3.8, 4) is 0 Å². The molecule has 0 radical (unpaired) electrons. The molecule has 128 valence electrons. The molecule has 24 heavy (non-hydrogen) atoms. The van der Waals surface area contributed by atoms with E-state index in [4.69, 9.17) is 4.74 Å². The van der Waals surface area contributed by atoms with E-state index in [1.165, 1.54) is 10.4 Å². The van der Waals surface area contributed by atoms with E-state index in [1.54, 1.807) is 17.5 Å². The molecule has 3 rings (SSSR count). The van der Waals surface area contributed by atoms with E-state index in [2.05, 4.69) is 29.0 Å². The Kier molecular flexibility index (Phi) is 5.48. The zero-order chi connectivity index (χ0) is 16.9. The van der Waals surface area contributed by atoms with E-state index in [1.807, 2.05) is 18.2 Å². The van der Waals surface area contributed by atoms with E-state index in [0.717, 1.165) is 49.0 Å². The van der Waals surface area contributed by atoms with E-state index < -0.39 is 0 Å². The van der Waals surface area contributed by atoms with Crippen LogP contribution in [0.4, 0.5) is 5.82 Å². The van der Waals surface area contributed by atoms with Gasteiger partial charge in [-0.1, -0.05) is 13.0 Å². The van der Waals surface area contributed by atoms with Gasteiger partial charge in [0.05, 0.1) is 18.1 Å². The number of pyridine rings is 1. The number of aryl methyl sites for hydroxylation is 2. The summed E-state index contributed by atoms with van der Waals surface area (Å²) in [7, 11) is 0. The summed E-state index contributed by atoms with van der Waals surface area (Å²) >= 11 is 1.56. The molecule has 0 spiro atoms. The molecule has 2 aromatic rings. The summed E-state index contributed by atoms with van der Waals surface area (Å²) in [5, 5.41) is 3.03. The molecule has 0 aliphatic carbocycles. The smallest absolute Gasteiger partial charge is 0.261 e. The van der Waals surface area contributed by atoms with Crippen molar-refractivity contribution in [2.24, 2.45) is 0 Å². The van der Waals surface area contributed by atoms with Gasteiger partial charge in [-0.15, -0.1) is 11.3 Å². The number of ether oxygens (including phenoxy) is 1. The first-order chi connectivity index (χ1) is 11.7. The van der Waals surface area contributed by atoms with E-state index >= 15 is 0 Å². The van der Waals surface area contributed by atoms with Crippen molar-refractivity contribution in [2.75, 3.05) is 31.2 Å². The Morgan fingerprint density at radius 3 is 2.88 bits per heavy atom. The van der Waals surface area contributed by atoms with Gasteiger partial charge in [-0.2, -0.15) is 0 Å². The highest BCUT2D eigenvalue weighted by molar-refractivity contribution is 7.14. The monoisotopic (exact) mass is 345 g/mol. The molecule has 1 N–H and O–H groups in total. The maximum atomic E-state index is 12.4. The van der Waals surface area contributed by atoms with Gasteiger partial charge in [0, 0.05) is 36.3 Å². The largest absolute Gasteiger partial charge is 0.378 e. The Morgan fingerprint density at radius 1 is 1.38 bits per heavy atom. The zero-order valence-corrected chi connectivity index (χ0v) is 15.0. The number of anilines is 1. The molecule has 1 amide bonds. The van der Waals surface area contributed by atoms with Crippen LogP contribution in [0.15, 0.2) is 24.4 Å². The number of aromatic nitrogens is 1. The summed E-state index contributed by atoms with van der Waals surface area (Å²) in [6.45, 7) is 7.77. The molecule has 0 saturated carbocycles. The number of thiophene rings is 1. The van der Waals surface area contributed by atoms with Crippen LogP contribution in [0.25, 0.3) is 0 Å². The molecule has 0 aromatic carbocycles. The third-order valence-electron chi connectivity index (χ3n) is 4.24. The molecule has 6 heteroatoms. The second-order valence-electron chi connectivity index (χ2n) is 5.81. The van der Waals surface area contributed by atoms with Crippen LogP contribution in [-0.2, 0) is 17.7 Å². The SMILES string of the molecule is CCc1cc(C(=O)NCc2cccnc2N2CCOCC2)sc1C. The fraction of sp³-hybridized carbons (Fsp3) is 0.444. The number of hydrogen-bond donors (Lipinski definition) is 1. The van der Waals surface area contributed by atoms with Crippen molar-refractivity contribution in [1.29, 1.82) is 0 Å². The molecule has 1 aliphatic rings. The van der Waals surface area contributed by atoms with Crippen molar-refractivity contribution in [3.05, 3.63) is 45.3 Å². The summed E-state index contributed by atoms with van der Waals surface area (Å²) in [6.07, 6.45) is 2.76.